The Balaban J connectivity index is 1.80. The number of aromatic nitrogens is 3. The highest BCUT2D eigenvalue weighted by Crippen LogP contribution is 2.24. The zero-order valence-corrected chi connectivity index (χ0v) is 12.1. The Labute approximate surface area is 128 Å². The number of aliphatic hydroxyl groups excluding tert-OH is 1. The van der Waals surface area contributed by atoms with E-state index >= 15 is 0 Å². The Morgan fingerprint density at radius 3 is 2.82 bits per heavy atom. The van der Waals surface area contributed by atoms with E-state index in [2.05, 4.69) is 15.4 Å². The van der Waals surface area contributed by atoms with Gasteiger partial charge in [-0.3, -0.25) is 0 Å². The van der Waals surface area contributed by atoms with Gasteiger partial charge in [-0.05, 0) is 11.6 Å². The maximum atomic E-state index is 8.67. The van der Waals surface area contributed by atoms with Gasteiger partial charge in [-0.25, -0.2) is 4.98 Å². The van der Waals surface area contributed by atoms with Gasteiger partial charge in [0.1, 0.15) is 5.82 Å². The smallest absolute Gasteiger partial charge is 0.165 e. The zero-order chi connectivity index (χ0) is 15.2. The van der Waals surface area contributed by atoms with Crippen LogP contribution in [0.5, 0.6) is 0 Å². The van der Waals surface area contributed by atoms with E-state index in [0.717, 1.165) is 22.6 Å². The van der Waals surface area contributed by atoms with Gasteiger partial charge in [-0.2, -0.15) is 9.61 Å². The lowest BCUT2D eigenvalue weighted by molar-refractivity contribution is 0.0991. The summed E-state index contributed by atoms with van der Waals surface area (Å²) < 4.78 is 7.02. The molecule has 0 bridgehead atoms. The van der Waals surface area contributed by atoms with Crippen molar-refractivity contribution in [3.8, 4) is 11.1 Å². The maximum absolute atomic E-state index is 8.67. The van der Waals surface area contributed by atoms with Crippen LogP contribution in [0.1, 0.15) is 0 Å². The minimum atomic E-state index is 0.0408. The molecule has 3 rings (SSSR count). The van der Waals surface area contributed by atoms with Crippen LogP contribution in [0.15, 0.2) is 48.8 Å². The predicted molar refractivity (Wildman–Crippen MR) is 84.8 cm³/mol. The van der Waals surface area contributed by atoms with Crippen LogP contribution in [0.4, 0.5) is 5.82 Å². The SMILES string of the molecule is OCCOCCNc1ccnc2c(-c3ccccc3)cnn12. The molecular weight excluding hydrogens is 280 g/mol. The molecule has 0 aliphatic heterocycles. The topological polar surface area (TPSA) is 71.7 Å². The Kier molecular flexibility index (Phi) is 4.62. The molecule has 6 nitrogen and oxygen atoms in total. The molecule has 3 aromatic rings. The van der Waals surface area contributed by atoms with Crippen molar-refractivity contribution in [3.63, 3.8) is 0 Å². The summed E-state index contributed by atoms with van der Waals surface area (Å²) in [5, 5.41) is 16.4. The molecule has 114 valence electrons. The summed E-state index contributed by atoms with van der Waals surface area (Å²) >= 11 is 0. The van der Waals surface area contributed by atoms with E-state index in [4.69, 9.17) is 9.84 Å². The molecule has 0 spiro atoms. The van der Waals surface area contributed by atoms with Crippen LogP contribution in [0.3, 0.4) is 0 Å². The van der Waals surface area contributed by atoms with E-state index in [1.165, 1.54) is 0 Å². The van der Waals surface area contributed by atoms with Crippen molar-refractivity contribution in [1.29, 1.82) is 0 Å². The first kappa shape index (κ1) is 14.5. The van der Waals surface area contributed by atoms with Gasteiger partial charge in [0.2, 0.25) is 0 Å². The van der Waals surface area contributed by atoms with Crippen molar-refractivity contribution in [2.75, 3.05) is 31.7 Å². The third-order valence-electron chi connectivity index (χ3n) is 3.27. The van der Waals surface area contributed by atoms with E-state index in [1.807, 2.05) is 42.6 Å². The van der Waals surface area contributed by atoms with E-state index in [-0.39, 0.29) is 6.61 Å². The molecule has 0 fully saturated rings. The van der Waals surface area contributed by atoms with Gasteiger partial charge in [0.05, 0.1) is 26.0 Å². The van der Waals surface area contributed by atoms with Crippen molar-refractivity contribution in [3.05, 3.63) is 48.8 Å². The van der Waals surface area contributed by atoms with Crippen LogP contribution in [-0.4, -0.2) is 46.1 Å². The Bertz CT molecular complexity index is 727. The Morgan fingerprint density at radius 1 is 1.14 bits per heavy atom. The second-order valence-corrected chi connectivity index (χ2v) is 4.75. The molecule has 6 heteroatoms. The monoisotopic (exact) mass is 298 g/mol. The summed E-state index contributed by atoms with van der Waals surface area (Å²) in [6, 6.07) is 11.9. The first-order valence-corrected chi connectivity index (χ1v) is 7.21. The normalized spacial score (nSPS) is 11.0. The molecule has 0 aliphatic carbocycles. The summed E-state index contributed by atoms with van der Waals surface area (Å²) in [5.74, 6) is 0.861. The van der Waals surface area contributed by atoms with Gasteiger partial charge in [0.25, 0.3) is 0 Å². The molecule has 0 radical (unpaired) electrons. The molecule has 0 unspecified atom stereocenters. The molecule has 0 saturated carbocycles. The molecule has 22 heavy (non-hydrogen) atoms. The molecule has 2 heterocycles. The number of hydrogen-bond donors (Lipinski definition) is 2. The maximum Gasteiger partial charge on any atom is 0.165 e. The number of ether oxygens (including phenoxy) is 1. The second-order valence-electron chi connectivity index (χ2n) is 4.75. The van der Waals surface area contributed by atoms with E-state index < -0.39 is 0 Å². The highest BCUT2D eigenvalue weighted by molar-refractivity contribution is 5.77. The van der Waals surface area contributed by atoms with Gasteiger partial charge >= 0.3 is 0 Å². The number of hydrogen-bond acceptors (Lipinski definition) is 5. The largest absolute Gasteiger partial charge is 0.394 e. The molecule has 0 atom stereocenters. The average molecular weight is 298 g/mol. The predicted octanol–water partition coefficient (Wildman–Crippen LogP) is 1.82. The number of aliphatic hydroxyl groups is 1. The lowest BCUT2D eigenvalue weighted by atomic mass is 10.1. The highest BCUT2D eigenvalue weighted by Gasteiger charge is 2.09. The minimum Gasteiger partial charge on any atom is -0.394 e. The van der Waals surface area contributed by atoms with Crippen LogP contribution in [0, 0.1) is 0 Å². The van der Waals surface area contributed by atoms with Gasteiger partial charge in [0.15, 0.2) is 5.65 Å². The zero-order valence-electron chi connectivity index (χ0n) is 12.1. The van der Waals surface area contributed by atoms with E-state index in [1.54, 1.807) is 10.7 Å². The number of fused-ring (bicyclic) bond motifs is 1. The average Bonchev–Trinajstić information content (AvgIpc) is 3.00. The van der Waals surface area contributed by atoms with Gasteiger partial charge < -0.3 is 15.2 Å². The number of rotatable bonds is 7. The Morgan fingerprint density at radius 2 is 2.00 bits per heavy atom. The number of anilines is 1. The van der Waals surface area contributed by atoms with Crippen LogP contribution in [0.25, 0.3) is 16.8 Å². The minimum absolute atomic E-state index is 0.0408. The first-order chi connectivity index (χ1) is 10.9. The van der Waals surface area contributed by atoms with Crippen molar-refractivity contribution >= 4 is 11.5 Å². The molecule has 1 aromatic carbocycles. The molecule has 2 aromatic heterocycles. The van der Waals surface area contributed by atoms with Crippen LogP contribution in [-0.2, 0) is 4.74 Å². The lowest BCUT2D eigenvalue weighted by Crippen LogP contribution is -2.13. The van der Waals surface area contributed by atoms with E-state index in [0.29, 0.717) is 19.8 Å². The Hall–Kier alpha value is -2.44. The number of nitrogens with zero attached hydrogens (tertiary/aromatic N) is 3. The fraction of sp³-hybridized carbons (Fsp3) is 0.250. The molecule has 0 aliphatic rings. The molecule has 0 saturated heterocycles. The third-order valence-corrected chi connectivity index (χ3v) is 3.27. The lowest BCUT2D eigenvalue weighted by Gasteiger charge is -2.08. The van der Waals surface area contributed by atoms with Crippen molar-refractivity contribution in [2.45, 2.75) is 0 Å². The van der Waals surface area contributed by atoms with Crippen LogP contribution >= 0.6 is 0 Å². The highest BCUT2D eigenvalue weighted by atomic mass is 16.5. The summed E-state index contributed by atoms with van der Waals surface area (Å²) in [5.41, 5.74) is 2.90. The number of nitrogens with one attached hydrogen (secondary N) is 1. The quantitative estimate of drug-likeness (QED) is 0.651. The van der Waals surface area contributed by atoms with Crippen molar-refractivity contribution in [2.24, 2.45) is 0 Å². The molecular formula is C16H18N4O2. The van der Waals surface area contributed by atoms with Crippen LogP contribution < -0.4 is 5.32 Å². The van der Waals surface area contributed by atoms with Crippen molar-refractivity contribution < 1.29 is 9.84 Å². The van der Waals surface area contributed by atoms with Gasteiger partial charge in [0, 0.05) is 18.3 Å². The van der Waals surface area contributed by atoms with Gasteiger partial charge in [-0.15, -0.1) is 0 Å². The standard InChI is InChI=1S/C16H18N4O2/c21-9-11-22-10-8-17-15-6-7-18-16-14(12-19-20(15)16)13-4-2-1-3-5-13/h1-7,12,17,21H,8-11H2. The summed E-state index contributed by atoms with van der Waals surface area (Å²) in [6.07, 6.45) is 3.59. The van der Waals surface area contributed by atoms with Crippen LogP contribution in [0.2, 0.25) is 0 Å². The summed E-state index contributed by atoms with van der Waals surface area (Å²) in [4.78, 5) is 4.43. The summed E-state index contributed by atoms with van der Waals surface area (Å²) in [6.45, 7) is 1.56. The van der Waals surface area contributed by atoms with Gasteiger partial charge in [-0.1, -0.05) is 30.3 Å². The van der Waals surface area contributed by atoms with E-state index in [9.17, 15) is 0 Å². The number of benzene rings is 1. The fourth-order valence-electron chi connectivity index (χ4n) is 2.26. The van der Waals surface area contributed by atoms with Crippen molar-refractivity contribution in [1.82, 2.24) is 14.6 Å². The second kappa shape index (κ2) is 7.02. The molecule has 0 amide bonds. The fourth-order valence-corrected chi connectivity index (χ4v) is 2.26. The first-order valence-electron chi connectivity index (χ1n) is 7.21. The molecule has 2 N–H and O–H groups in total. The third kappa shape index (κ3) is 3.08. The summed E-state index contributed by atoms with van der Waals surface area (Å²) in [7, 11) is 0.